The van der Waals surface area contributed by atoms with E-state index in [1.807, 2.05) is 12.1 Å². The largest absolute Gasteiger partial charge is 0.516 e. The highest BCUT2D eigenvalue weighted by molar-refractivity contribution is 6.00. The number of hydrogen-bond acceptors (Lipinski definition) is 7. The Labute approximate surface area is 145 Å². The molecule has 2 aromatic rings. The monoisotopic (exact) mass is 354 g/mol. The van der Waals surface area contributed by atoms with Crippen molar-refractivity contribution < 1.29 is 23.5 Å². The van der Waals surface area contributed by atoms with Gasteiger partial charge in [0, 0.05) is 43.3 Å². The van der Waals surface area contributed by atoms with Gasteiger partial charge in [-0.25, -0.2) is 9.59 Å². The molecule has 0 amide bonds. The van der Waals surface area contributed by atoms with E-state index in [0.717, 1.165) is 37.3 Å². The zero-order valence-corrected chi connectivity index (χ0v) is 14.1. The van der Waals surface area contributed by atoms with Crippen molar-refractivity contribution >= 4 is 41.2 Å². The lowest BCUT2D eigenvalue weighted by molar-refractivity contribution is 0.0375. The molecule has 7 nitrogen and oxygen atoms in total. The van der Waals surface area contributed by atoms with Crippen molar-refractivity contribution in [1.82, 2.24) is 5.32 Å². The minimum atomic E-state index is -1.03. The van der Waals surface area contributed by atoms with E-state index in [2.05, 4.69) is 19.7 Å². The highest BCUT2D eigenvalue weighted by Gasteiger charge is 2.21. The highest BCUT2D eigenvalue weighted by Crippen LogP contribution is 2.30. The number of hydrogen-bond donors (Lipinski definition) is 1. The molecule has 1 aliphatic rings. The van der Waals surface area contributed by atoms with Crippen molar-refractivity contribution in [3.8, 4) is 0 Å². The zero-order valence-electron chi connectivity index (χ0n) is 13.2. The number of rotatable bonds is 3. The van der Waals surface area contributed by atoms with Crippen LogP contribution in [0.1, 0.15) is 17.5 Å². The fraction of sp³-hybridized carbons (Fsp3) is 0.375. The molecular formula is C16H19ClN2O5. The molecule has 0 unspecified atom stereocenters. The lowest BCUT2D eigenvalue weighted by atomic mass is 10.2. The molecular weight excluding hydrogens is 336 g/mol. The van der Waals surface area contributed by atoms with Crippen molar-refractivity contribution in [1.29, 1.82) is 0 Å². The number of esters is 1. The molecule has 1 aromatic carbocycles. The first kappa shape index (κ1) is 18.1. The van der Waals surface area contributed by atoms with Gasteiger partial charge in [0.15, 0.2) is 0 Å². The van der Waals surface area contributed by atoms with Crippen LogP contribution in [0.3, 0.4) is 0 Å². The normalized spacial score (nSPS) is 14.1. The number of benzene rings is 1. The Hall–Kier alpha value is -2.25. The van der Waals surface area contributed by atoms with Crippen LogP contribution in [-0.2, 0) is 9.47 Å². The van der Waals surface area contributed by atoms with E-state index in [1.54, 1.807) is 19.1 Å². The number of furan rings is 1. The number of halogens is 1. The number of ether oxygens (including phenoxy) is 2. The van der Waals surface area contributed by atoms with Crippen LogP contribution >= 0.6 is 12.4 Å². The molecule has 1 fully saturated rings. The lowest BCUT2D eigenvalue weighted by Gasteiger charge is -2.29. The van der Waals surface area contributed by atoms with E-state index in [0.29, 0.717) is 5.58 Å². The van der Waals surface area contributed by atoms with Gasteiger partial charge < -0.3 is 24.1 Å². The average molecular weight is 355 g/mol. The Balaban J connectivity index is 0.00000208. The smallest absolute Gasteiger partial charge is 0.449 e. The maximum absolute atomic E-state index is 11.9. The summed E-state index contributed by atoms with van der Waals surface area (Å²) in [6.07, 6.45) is -1.03. The van der Waals surface area contributed by atoms with Gasteiger partial charge in [-0.15, -0.1) is 12.4 Å². The van der Waals surface area contributed by atoms with E-state index in [9.17, 15) is 9.59 Å². The lowest BCUT2D eigenvalue weighted by Crippen LogP contribution is -2.43. The molecule has 0 bridgehead atoms. The Bertz CT molecular complexity index is 724. The Morgan fingerprint density at radius 3 is 2.75 bits per heavy atom. The Kier molecular flexibility index (Phi) is 6.05. The molecule has 24 heavy (non-hydrogen) atoms. The molecule has 1 N–H and O–H groups in total. The summed E-state index contributed by atoms with van der Waals surface area (Å²) in [5.41, 5.74) is 1.58. The number of anilines is 1. The van der Waals surface area contributed by atoms with Crippen molar-refractivity contribution in [2.75, 3.05) is 37.7 Å². The molecule has 1 saturated heterocycles. The van der Waals surface area contributed by atoms with Crippen molar-refractivity contribution in [3.63, 3.8) is 0 Å². The number of piperazine rings is 1. The van der Waals surface area contributed by atoms with E-state index >= 15 is 0 Å². The van der Waals surface area contributed by atoms with Crippen LogP contribution in [0, 0.1) is 0 Å². The van der Waals surface area contributed by atoms with Gasteiger partial charge in [0.1, 0.15) is 5.58 Å². The molecule has 0 atom stereocenters. The maximum atomic E-state index is 11.9. The van der Waals surface area contributed by atoms with Crippen LogP contribution in [0.2, 0.25) is 0 Å². The fourth-order valence-corrected chi connectivity index (χ4v) is 2.60. The molecule has 0 radical (unpaired) electrons. The van der Waals surface area contributed by atoms with Crippen LogP contribution in [0.5, 0.6) is 0 Å². The molecule has 2 heterocycles. The number of nitrogens with one attached hydrogen (secondary N) is 1. The molecule has 0 aliphatic carbocycles. The van der Waals surface area contributed by atoms with Crippen LogP contribution in [0.4, 0.5) is 10.5 Å². The summed E-state index contributed by atoms with van der Waals surface area (Å²) >= 11 is 0. The summed E-state index contributed by atoms with van der Waals surface area (Å²) in [5, 5.41) is 4.12. The minimum absolute atomic E-state index is 0. The van der Waals surface area contributed by atoms with E-state index in [-0.39, 0.29) is 24.8 Å². The van der Waals surface area contributed by atoms with Gasteiger partial charge in [-0.1, -0.05) is 6.07 Å². The second-order valence-corrected chi connectivity index (χ2v) is 5.11. The summed E-state index contributed by atoms with van der Waals surface area (Å²) < 4.78 is 14.7. The molecule has 130 valence electrons. The molecule has 1 aliphatic heterocycles. The van der Waals surface area contributed by atoms with Gasteiger partial charge in [-0.3, -0.25) is 0 Å². The van der Waals surface area contributed by atoms with E-state index in [1.165, 1.54) is 0 Å². The maximum Gasteiger partial charge on any atom is 0.516 e. The Morgan fingerprint density at radius 1 is 1.29 bits per heavy atom. The standard InChI is InChI=1S/C16H18N2O5.ClH/c1-2-21-16(20)23-15(19)14-10-11-12(4-3-5-13(11)22-14)18-8-6-17-7-9-18;/h3-5,10,17H,2,6-9H2,1H3;1H. The fourth-order valence-electron chi connectivity index (χ4n) is 2.60. The van der Waals surface area contributed by atoms with Crippen LogP contribution in [0.25, 0.3) is 11.0 Å². The van der Waals surface area contributed by atoms with Crippen molar-refractivity contribution in [3.05, 3.63) is 30.0 Å². The predicted molar refractivity (Wildman–Crippen MR) is 91.0 cm³/mol. The first-order chi connectivity index (χ1) is 11.2. The second kappa shape index (κ2) is 8.03. The number of carbonyl (C=O) groups excluding carboxylic acids is 2. The number of fused-ring (bicyclic) bond motifs is 1. The number of nitrogens with zero attached hydrogens (tertiary/aromatic N) is 1. The van der Waals surface area contributed by atoms with Gasteiger partial charge in [0.25, 0.3) is 0 Å². The summed E-state index contributed by atoms with van der Waals surface area (Å²) in [6, 6.07) is 7.25. The van der Waals surface area contributed by atoms with Crippen molar-refractivity contribution in [2.45, 2.75) is 6.92 Å². The van der Waals surface area contributed by atoms with Crippen LogP contribution in [-0.4, -0.2) is 44.9 Å². The minimum Gasteiger partial charge on any atom is -0.449 e. The third kappa shape index (κ3) is 3.80. The van der Waals surface area contributed by atoms with E-state index in [4.69, 9.17) is 4.42 Å². The topological polar surface area (TPSA) is 81.0 Å². The predicted octanol–water partition coefficient (Wildman–Crippen LogP) is 2.58. The summed E-state index contributed by atoms with van der Waals surface area (Å²) in [7, 11) is 0. The van der Waals surface area contributed by atoms with Gasteiger partial charge >= 0.3 is 12.1 Å². The first-order valence-corrected chi connectivity index (χ1v) is 7.56. The molecule has 8 heteroatoms. The quantitative estimate of drug-likeness (QED) is 0.670. The average Bonchev–Trinajstić information content (AvgIpc) is 3.00. The summed E-state index contributed by atoms with van der Waals surface area (Å²) in [4.78, 5) is 25.4. The second-order valence-electron chi connectivity index (χ2n) is 5.11. The van der Waals surface area contributed by atoms with E-state index < -0.39 is 12.1 Å². The van der Waals surface area contributed by atoms with Gasteiger partial charge in [-0.2, -0.15) is 0 Å². The van der Waals surface area contributed by atoms with Gasteiger partial charge in [0.2, 0.25) is 5.76 Å². The summed E-state index contributed by atoms with van der Waals surface area (Å²) in [5.74, 6) is -0.874. The van der Waals surface area contributed by atoms with Crippen molar-refractivity contribution in [2.24, 2.45) is 0 Å². The molecule has 0 saturated carbocycles. The number of carbonyl (C=O) groups is 2. The third-order valence-corrected chi connectivity index (χ3v) is 3.64. The SMILES string of the molecule is CCOC(=O)OC(=O)c1cc2c(N3CCNCC3)cccc2o1.Cl. The molecule has 0 spiro atoms. The Morgan fingerprint density at radius 2 is 2.04 bits per heavy atom. The molecule has 3 rings (SSSR count). The third-order valence-electron chi connectivity index (χ3n) is 3.64. The highest BCUT2D eigenvalue weighted by atomic mass is 35.5. The first-order valence-electron chi connectivity index (χ1n) is 7.56. The van der Waals surface area contributed by atoms with Crippen LogP contribution in [0.15, 0.2) is 28.7 Å². The zero-order chi connectivity index (χ0) is 16.2. The summed E-state index contributed by atoms with van der Waals surface area (Å²) in [6.45, 7) is 5.35. The van der Waals surface area contributed by atoms with Crippen LogP contribution < -0.4 is 10.2 Å². The molecule has 1 aromatic heterocycles. The van der Waals surface area contributed by atoms with Gasteiger partial charge in [-0.05, 0) is 19.1 Å². The van der Waals surface area contributed by atoms with Gasteiger partial charge in [0.05, 0.1) is 6.61 Å².